The van der Waals surface area contributed by atoms with Crippen LogP contribution < -0.4 is 5.73 Å². The van der Waals surface area contributed by atoms with Gasteiger partial charge in [-0.3, -0.25) is 4.79 Å². The third-order valence-electron chi connectivity index (χ3n) is 4.86. The highest BCUT2D eigenvalue weighted by Crippen LogP contribution is 2.39. The summed E-state index contributed by atoms with van der Waals surface area (Å²) in [6.07, 6.45) is 1.67. The second-order valence-corrected chi connectivity index (χ2v) is 6.60. The van der Waals surface area contributed by atoms with Crippen molar-refractivity contribution in [2.75, 3.05) is 6.54 Å². The smallest absolute Gasteiger partial charge is 0.329 e. The van der Waals surface area contributed by atoms with Gasteiger partial charge in [-0.1, -0.05) is 6.92 Å². The van der Waals surface area contributed by atoms with Crippen LogP contribution >= 0.6 is 0 Å². The zero-order chi connectivity index (χ0) is 15.1. The van der Waals surface area contributed by atoms with Crippen LogP contribution in [0.15, 0.2) is 0 Å². The summed E-state index contributed by atoms with van der Waals surface area (Å²) in [7, 11) is 0. The van der Waals surface area contributed by atoms with Gasteiger partial charge in [-0.2, -0.15) is 0 Å². The Morgan fingerprint density at radius 2 is 1.84 bits per heavy atom. The Hall–Kier alpha value is -1.10. The first-order chi connectivity index (χ1) is 8.50. The molecule has 0 bridgehead atoms. The average molecular weight is 270 g/mol. The summed E-state index contributed by atoms with van der Waals surface area (Å²) < 4.78 is 0. The molecule has 0 aromatic rings. The molecule has 1 aliphatic heterocycles. The van der Waals surface area contributed by atoms with Gasteiger partial charge in [0.15, 0.2) is 0 Å². The van der Waals surface area contributed by atoms with Gasteiger partial charge in [0.05, 0.1) is 5.41 Å². The summed E-state index contributed by atoms with van der Waals surface area (Å²) in [6.45, 7) is 9.50. The van der Waals surface area contributed by atoms with Crippen LogP contribution in [0, 0.1) is 5.41 Å². The van der Waals surface area contributed by atoms with Gasteiger partial charge in [0.25, 0.3) is 0 Å². The molecular weight excluding hydrogens is 244 g/mol. The Morgan fingerprint density at radius 1 is 1.32 bits per heavy atom. The maximum Gasteiger partial charge on any atom is 0.329 e. The van der Waals surface area contributed by atoms with Crippen LogP contribution in [0.4, 0.5) is 0 Å². The molecule has 1 unspecified atom stereocenters. The third kappa shape index (κ3) is 2.36. The van der Waals surface area contributed by atoms with E-state index in [0.717, 1.165) is 6.42 Å². The number of nitrogens with two attached hydrogens (primary N) is 1. The van der Waals surface area contributed by atoms with E-state index in [4.69, 9.17) is 5.73 Å². The van der Waals surface area contributed by atoms with E-state index in [1.165, 1.54) is 4.90 Å². The van der Waals surface area contributed by atoms with Crippen molar-refractivity contribution in [1.82, 2.24) is 4.90 Å². The molecule has 19 heavy (non-hydrogen) atoms. The van der Waals surface area contributed by atoms with Crippen molar-refractivity contribution in [2.24, 2.45) is 11.1 Å². The molecular formula is C14H26N2O3. The molecule has 5 heteroatoms. The summed E-state index contributed by atoms with van der Waals surface area (Å²) in [5.41, 5.74) is 3.53. The largest absolute Gasteiger partial charge is 0.479 e. The van der Waals surface area contributed by atoms with Crippen LogP contribution in [-0.2, 0) is 9.59 Å². The van der Waals surface area contributed by atoms with Crippen molar-refractivity contribution in [3.05, 3.63) is 0 Å². The maximum absolute atomic E-state index is 12.8. The van der Waals surface area contributed by atoms with Crippen LogP contribution in [0.1, 0.15) is 53.9 Å². The molecule has 1 heterocycles. The van der Waals surface area contributed by atoms with E-state index in [2.05, 4.69) is 0 Å². The number of carbonyl (C=O) groups is 2. The summed E-state index contributed by atoms with van der Waals surface area (Å²) >= 11 is 0. The van der Waals surface area contributed by atoms with E-state index >= 15 is 0 Å². The lowest BCUT2D eigenvalue weighted by Gasteiger charge is -2.44. The van der Waals surface area contributed by atoms with E-state index in [1.54, 1.807) is 27.7 Å². The van der Waals surface area contributed by atoms with Crippen molar-refractivity contribution in [2.45, 2.75) is 65.0 Å². The molecule has 1 atom stereocenters. The van der Waals surface area contributed by atoms with Gasteiger partial charge in [-0.15, -0.1) is 0 Å². The minimum Gasteiger partial charge on any atom is -0.479 e. The molecule has 0 radical (unpaired) electrons. The predicted octanol–water partition coefficient (Wildman–Crippen LogP) is 1.61. The molecule has 1 rings (SSSR count). The van der Waals surface area contributed by atoms with Crippen molar-refractivity contribution < 1.29 is 14.7 Å². The summed E-state index contributed by atoms with van der Waals surface area (Å²) in [5.74, 6) is -1.08. The fraction of sp³-hybridized carbons (Fsp3) is 0.857. The number of carboxylic acids is 1. The van der Waals surface area contributed by atoms with E-state index in [1.807, 2.05) is 6.92 Å². The lowest BCUT2D eigenvalue weighted by atomic mass is 9.73. The van der Waals surface area contributed by atoms with Gasteiger partial charge in [-0.25, -0.2) is 4.79 Å². The Balaban J connectivity index is 3.16. The van der Waals surface area contributed by atoms with E-state index in [9.17, 15) is 14.7 Å². The molecule has 0 aliphatic carbocycles. The third-order valence-corrected chi connectivity index (χ3v) is 4.86. The number of hydrogen-bond acceptors (Lipinski definition) is 3. The number of amides is 1. The number of hydrogen-bond donors (Lipinski definition) is 2. The Morgan fingerprint density at radius 3 is 2.21 bits per heavy atom. The number of carbonyl (C=O) groups excluding carboxylic acids is 1. The molecule has 110 valence electrons. The highest BCUT2D eigenvalue weighted by atomic mass is 16.4. The van der Waals surface area contributed by atoms with Gasteiger partial charge >= 0.3 is 5.97 Å². The highest BCUT2D eigenvalue weighted by Gasteiger charge is 2.53. The lowest BCUT2D eigenvalue weighted by Crippen LogP contribution is -2.61. The predicted molar refractivity (Wildman–Crippen MR) is 73.7 cm³/mol. The van der Waals surface area contributed by atoms with Crippen molar-refractivity contribution in [1.29, 1.82) is 0 Å². The number of rotatable bonds is 4. The minimum atomic E-state index is -1.06. The van der Waals surface area contributed by atoms with E-state index in [0.29, 0.717) is 19.4 Å². The Labute approximate surface area is 115 Å². The van der Waals surface area contributed by atoms with Crippen molar-refractivity contribution in [3.63, 3.8) is 0 Å². The van der Waals surface area contributed by atoms with Gasteiger partial charge in [0, 0.05) is 12.1 Å². The molecule has 1 saturated heterocycles. The highest BCUT2D eigenvalue weighted by molar-refractivity contribution is 5.91. The summed E-state index contributed by atoms with van der Waals surface area (Å²) in [6, 6.07) is 0. The monoisotopic (exact) mass is 270 g/mol. The standard InChI is InChI=1S/C14H26N2O3/c1-6-14(11(18)19)8-7-9-16(14)10(17)12(2,3)13(4,5)15/h6-9,15H2,1-5H3,(H,18,19). The van der Waals surface area contributed by atoms with Gasteiger partial charge < -0.3 is 15.7 Å². The molecule has 1 amide bonds. The first kappa shape index (κ1) is 16.0. The zero-order valence-electron chi connectivity index (χ0n) is 12.6. The maximum atomic E-state index is 12.8. The number of aliphatic carboxylic acids is 1. The lowest BCUT2D eigenvalue weighted by molar-refractivity contribution is -0.162. The van der Waals surface area contributed by atoms with Crippen molar-refractivity contribution >= 4 is 11.9 Å². The number of carboxylic acid groups (broad SMARTS) is 1. The van der Waals surface area contributed by atoms with E-state index < -0.39 is 22.5 Å². The first-order valence-corrected chi connectivity index (χ1v) is 6.85. The SMILES string of the molecule is CCC1(C(=O)O)CCCN1C(=O)C(C)(C)C(C)(C)N. The molecule has 3 N–H and O–H groups in total. The minimum absolute atomic E-state index is 0.165. The number of nitrogens with zero attached hydrogens (tertiary/aromatic N) is 1. The van der Waals surface area contributed by atoms with Crippen molar-refractivity contribution in [3.8, 4) is 0 Å². The molecule has 1 aliphatic rings. The second-order valence-electron chi connectivity index (χ2n) is 6.60. The second kappa shape index (κ2) is 4.78. The molecule has 5 nitrogen and oxygen atoms in total. The first-order valence-electron chi connectivity index (χ1n) is 6.85. The Kier molecular flexibility index (Phi) is 4.01. The van der Waals surface area contributed by atoms with Crippen LogP contribution in [-0.4, -0.2) is 39.5 Å². The zero-order valence-corrected chi connectivity index (χ0v) is 12.6. The normalized spacial score (nSPS) is 24.6. The van der Waals surface area contributed by atoms with Crippen LogP contribution in [0.25, 0.3) is 0 Å². The fourth-order valence-corrected chi connectivity index (χ4v) is 2.53. The molecule has 1 fully saturated rings. The molecule has 0 saturated carbocycles. The van der Waals surface area contributed by atoms with E-state index in [-0.39, 0.29) is 5.91 Å². The summed E-state index contributed by atoms with van der Waals surface area (Å²) in [5, 5.41) is 9.53. The Bertz CT molecular complexity index is 385. The van der Waals surface area contributed by atoms with Gasteiger partial charge in [0.2, 0.25) is 5.91 Å². The van der Waals surface area contributed by atoms with Crippen LogP contribution in [0.3, 0.4) is 0 Å². The van der Waals surface area contributed by atoms with Crippen LogP contribution in [0.2, 0.25) is 0 Å². The fourth-order valence-electron chi connectivity index (χ4n) is 2.53. The van der Waals surface area contributed by atoms with Gasteiger partial charge in [0.1, 0.15) is 5.54 Å². The number of likely N-dealkylation sites (tertiary alicyclic amines) is 1. The van der Waals surface area contributed by atoms with Gasteiger partial charge in [-0.05, 0) is 47.0 Å². The topological polar surface area (TPSA) is 83.6 Å². The van der Waals surface area contributed by atoms with Crippen LogP contribution in [0.5, 0.6) is 0 Å². The average Bonchev–Trinajstić information content (AvgIpc) is 2.70. The molecule has 0 aromatic heterocycles. The summed E-state index contributed by atoms with van der Waals surface area (Å²) in [4.78, 5) is 25.9. The quantitative estimate of drug-likeness (QED) is 0.813. The molecule has 0 spiro atoms. The molecule has 0 aromatic carbocycles.